The molecule has 2 aliphatic rings. The molecular weight excluding hydrogens is 471 g/mol. The summed E-state index contributed by atoms with van der Waals surface area (Å²) in [6.45, 7) is 14.8. The van der Waals surface area contributed by atoms with Crippen LogP contribution in [-0.2, 0) is 4.79 Å². The fourth-order valence-electron chi connectivity index (χ4n) is 7.18. The first-order chi connectivity index (χ1) is 17.8. The largest absolute Gasteiger partial charge is 0.385 e. The van der Waals surface area contributed by atoms with Crippen LogP contribution in [0.2, 0.25) is 0 Å². The van der Waals surface area contributed by atoms with Gasteiger partial charge in [-0.15, -0.1) is 0 Å². The smallest absolute Gasteiger partial charge is 0.161 e. The van der Waals surface area contributed by atoms with E-state index in [1.807, 2.05) is 0 Å². The van der Waals surface area contributed by atoms with Gasteiger partial charge in [-0.1, -0.05) is 97.1 Å². The highest BCUT2D eigenvalue weighted by Crippen LogP contribution is 2.37. The molecule has 0 aromatic heterocycles. The first-order valence-electron chi connectivity index (χ1n) is 16.4. The van der Waals surface area contributed by atoms with Gasteiger partial charge in [0.05, 0.1) is 0 Å². The summed E-state index contributed by atoms with van der Waals surface area (Å²) in [4.78, 5) is 12.7. The minimum absolute atomic E-state index is 0.0848. The van der Waals surface area contributed by atoms with Crippen LogP contribution in [0, 0.1) is 41.4 Å². The number of alkyl halides is 1. The molecule has 2 fully saturated rings. The van der Waals surface area contributed by atoms with Crippen molar-refractivity contribution in [2.45, 2.75) is 163 Å². The van der Waals surface area contributed by atoms with E-state index in [0.717, 1.165) is 30.6 Å². The lowest BCUT2D eigenvalue weighted by Gasteiger charge is -2.31. The number of aliphatic hydroxyl groups excluding tert-OH is 1. The number of ketones is 1. The molecule has 2 unspecified atom stereocenters. The Morgan fingerprint density at radius 1 is 0.895 bits per heavy atom. The molecule has 2 aliphatic carbocycles. The number of hydrogen-bond donors (Lipinski definition) is 1. The number of carbonyl (C=O) groups excluding carboxylic acids is 1. The second kappa shape index (κ2) is 16.5. The van der Waals surface area contributed by atoms with E-state index in [2.05, 4.69) is 40.7 Å². The van der Waals surface area contributed by atoms with E-state index < -0.39 is 11.8 Å². The maximum Gasteiger partial charge on any atom is 0.161 e. The highest BCUT2D eigenvalue weighted by atomic mass is 19.1. The molecule has 0 spiro atoms. The zero-order valence-electron chi connectivity index (χ0n) is 26.2. The molecule has 0 amide bonds. The highest BCUT2D eigenvalue weighted by molar-refractivity contribution is 5.82. The molecule has 0 aromatic rings. The van der Waals surface area contributed by atoms with E-state index in [-0.39, 0.29) is 5.78 Å². The molecule has 3 atom stereocenters. The van der Waals surface area contributed by atoms with Gasteiger partial charge in [0, 0.05) is 6.42 Å². The third-order valence-corrected chi connectivity index (χ3v) is 10.1. The molecule has 0 aliphatic heterocycles. The van der Waals surface area contributed by atoms with E-state index in [9.17, 15) is 14.3 Å². The molecule has 1 N–H and O–H groups in total. The van der Waals surface area contributed by atoms with Crippen molar-refractivity contribution in [3.63, 3.8) is 0 Å². The lowest BCUT2D eigenvalue weighted by Crippen LogP contribution is -2.26. The predicted molar refractivity (Wildman–Crippen MR) is 161 cm³/mol. The van der Waals surface area contributed by atoms with Crippen LogP contribution in [0.3, 0.4) is 0 Å². The second-order valence-corrected chi connectivity index (χ2v) is 14.8. The first-order valence-corrected chi connectivity index (χ1v) is 16.4. The Bertz CT molecular complexity index is 689. The van der Waals surface area contributed by atoms with Crippen LogP contribution in [0.15, 0.2) is 11.6 Å². The maximum atomic E-state index is 13.8. The van der Waals surface area contributed by atoms with Crippen molar-refractivity contribution in [1.82, 2.24) is 0 Å². The van der Waals surface area contributed by atoms with Gasteiger partial charge in [-0.3, -0.25) is 4.79 Å². The van der Waals surface area contributed by atoms with Crippen molar-refractivity contribution in [1.29, 1.82) is 0 Å². The highest BCUT2D eigenvalue weighted by Gasteiger charge is 2.27. The van der Waals surface area contributed by atoms with Crippen molar-refractivity contribution in [2.75, 3.05) is 0 Å². The van der Waals surface area contributed by atoms with Gasteiger partial charge in [0.2, 0.25) is 0 Å². The molecule has 2 saturated carbocycles. The molecule has 0 radical (unpaired) electrons. The van der Waals surface area contributed by atoms with E-state index >= 15 is 0 Å². The van der Waals surface area contributed by atoms with Gasteiger partial charge in [0.25, 0.3) is 0 Å². The quantitative estimate of drug-likeness (QED) is 0.200. The summed E-state index contributed by atoms with van der Waals surface area (Å²) < 4.78 is 13.8. The van der Waals surface area contributed by atoms with E-state index in [1.165, 1.54) is 76.2 Å². The standard InChI is InChI=1S/C35H63FO2/c1-25(2)32(18-19-33(37)34(38)24-31-10-8-26(3)9-11-31)17-16-29-12-14-30(15-13-29)23-28(5)22-27(4)20-21-35(6,7)36/h22,25-26,28-32,34,38H,8-21,23-24H2,1-7H3/b27-22+/t26?,28-,29?,30?,31?,32?,34?/m0/s1. The topological polar surface area (TPSA) is 37.3 Å². The van der Waals surface area contributed by atoms with Gasteiger partial charge in [0.15, 0.2) is 5.78 Å². The summed E-state index contributed by atoms with van der Waals surface area (Å²) in [5, 5.41) is 10.5. The van der Waals surface area contributed by atoms with Crippen LogP contribution >= 0.6 is 0 Å². The lowest BCUT2D eigenvalue weighted by atomic mass is 9.75. The average molecular weight is 535 g/mol. The fourth-order valence-corrected chi connectivity index (χ4v) is 7.18. The van der Waals surface area contributed by atoms with Crippen molar-refractivity contribution in [3.8, 4) is 0 Å². The molecule has 0 saturated heterocycles. The molecule has 2 nitrogen and oxygen atoms in total. The van der Waals surface area contributed by atoms with Crippen molar-refractivity contribution >= 4 is 5.78 Å². The number of rotatable bonds is 16. The Morgan fingerprint density at radius 3 is 2.03 bits per heavy atom. The van der Waals surface area contributed by atoms with Gasteiger partial charge in [0.1, 0.15) is 11.8 Å². The zero-order valence-corrected chi connectivity index (χ0v) is 26.2. The third kappa shape index (κ3) is 13.6. The molecule has 0 heterocycles. The molecular formula is C35H63FO2. The molecule has 2 rings (SSSR count). The Balaban J connectivity index is 1.66. The molecule has 38 heavy (non-hydrogen) atoms. The molecule has 222 valence electrons. The SMILES string of the molecule is C/C(=C\[C@H](C)CC1CCC(CCC(CCC(=O)C(O)CC2CCC(C)CC2)C(C)C)CC1)CCC(C)(C)F. The van der Waals surface area contributed by atoms with Crippen LogP contribution in [0.4, 0.5) is 4.39 Å². The van der Waals surface area contributed by atoms with Gasteiger partial charge in [-0.05, 0) is 101 Å². The van der Waals surface area contributed by atoms with Gasteiger partial charge in [-0.2, -0.15) is 0 Å². The lowest BCUT2D eigenvalue weighted by molar-refractivity contribution is -0.128. The summed E-state index contributed by atoms with van der Waals surface area (Å²) in [6, 6.07) is 0. The number of hydrogen-bond acceptors (Lipinski definition) is 2. The summed E-state index contributed by atoms with van der Waals surface area (Å²) >= 11 is 0. The van der Waals surface area contributed by atoms with Crippen LogP contribution in [-0.4, -0.2) is 22.7 Å². The van der Waals surface area contributed by atoms with Crippen LogP contribution in [0.1, 0.15) is 151 Å². The minimum Gasteiger partial charge on any atom is -0.385 e. The summed E-state index contributed by atoms with van der Waals surface area (Å²) in [7, 11) is 0. The number of allylic oxidation sites excluding steroid dienone is 2. The summed E-state index contributed by atoms with van der Waals surface area (Å²) in [6.07, 6.45) is 19.3. The summed E-state index contributed by atoms with van der Waals surface area (Å²) in [5.41, 5.74) is 0.265. The number of aliphatic hydroxyl groups is 1. The molecule has 3 heteroatoms. The minimum atomic E-state index is -1.07. The Morgan fingerprint density at radius 2 is 1.45 bits per heavy atom. The van der Waals surface area contributed by atoms with Crippen LogP contribution in [0.5, 0.6) is 0 Å². The van der Waals surface area contributed by atoms with E-state index in [4.69, 9.17) is 0 Å². The normalized spacial score (nSPS) is 27.8. The number of carbonyl (C=O) groups is 1. The monoisotopic (exact) mass is 534 g/mol. The third-order valence-electron chi connectivity index (χ3n) is 10.1. The molecule has 0 aromatic carbocycles. The average Bonchev–Trinajstić information content (AvgIpc) is 2.84. The van der Waals surface area contributed by atoms with Crippen LogP contribution < -0.4 is 0 Å². The maximum absolute atomic E-state index is 13.8. The fraction of sp³-hybridized carbons (Fsp3) is 0.914. The van der Waals surface area contributed by atoms with Gasteiger partial charge in [-0.25, -0.2) is 4.39 Å². The summed E-state index contributed by atoms with van der Waals surface area (Å²) in [5.74, 6) is 4.86. The van der Waals surface area contributed by atoms with Gasteiger partial charge >= 0.3 is 0 Å². The van der Waals surface area contributed by atoms with Gasteiger partial charge < -0.3 is 5.11 Å². The molecule has 0 bridgehead atoms. The number of Topliss-reactive ketones (excluding diaryl/α,β-unsaturated/α-hetero) is 1. The Kier molecular flexibility index (Phi) is 14.6. The Hall–Kier alpha value is -0.700. The van der Waals surface area contributed by atoms with Crippen molar-refractivity contribution < 1.29 is 14.3 Å². The van der Waals surface area contributed by atoms with Crippen molar-refractivity contribution in [3.05, 3.63) is 11.6 Å². The second-order valence-electron chi connectivity index (χ2n) is 14.8. The van der Waals surface area contributed by atoms with E-state index in [0.29, 0.717) is 42.9 Å². The van der Waals surface area contributed by atoms with Crippen LogP contribution in [0.25, 0.3) is 0 Å². The Labute approximate surface area is 236 Å². The predicted octanol–water partition coefficient (Wildman–Crippen LogP) is 10.3. The number of halogens is 1. The first kappa shape index (κ1) is 33.5. The van der Waals surface area contributed by atoms with E-state index in [1.54, 1.807) is 13.8 Å². The zero-order chi connectivity index (χ0) is 28.3. The van der Waals surface area contributed by atoms with Crippen molar-refractivity contribution in [2.24, 2.45) is 41.4 Å².